The Balaban J connectivity index is 2.24. The number of nitrogens with two attached hydrogens (primary N) is 1. The molecule has 0 aromatic heterocycles. The molecule has 3 nitrogen and oxygen atoms in total. The van der Waals surface area contributed by atoms with Crippen LogP contribution in [0.25, 0.3) is 0 Å². The van der Waals surface area contributed by atoms with Gasteiger partial charge in [0.2, 0.25) is 5.92 Å². The SMILES string of the molecule is COc1ccccc1C(NN)C1CCCC(F)(F)C1. The molecule has 2 atom stereocenters. The van der Waals surface area contributed by atoms with Crippen LogP contribution in [0.5, 0.6) is 5.75 Å². The standard InChI is InChI=1S/C14H20F2N2O/c1-19-12-7-3-2-6-11(12)13(18-17)10-5-4-8-14(15,16)9-10/h2-3,6-7,10,13,18H,4-5,8-9,17H2,1H3. The van der Waals surface area contributed by atoms with E-state index in [9.17, 15) is 8.78 Å². The highest BCUT2D eigenvalue weighted by Crippen LogP contribution is 2.43. The second-order valence-corrected chi connectivity index (χ2v) is 5.10. The Morgan fingerprint density at radius 3 is 2.79 bits per heavy atom. The number of alkyl halides is 2. The fraction of sp³-hybridized carbons (Fsp3) is 0.571. The first kappa shape index (κ1) is 14.2. The molecule has 1 fully saturated rings. The summed E-state index contributed by atoms with van der Waals surface area (Å²) in [5.41, 5.74) is 3.53. The minimum Gasteiger partial charge on any atom is -0.496 e. The molecule has 1 aromatic rings. The number of hydrogen-bond acceptors (Lipinski definition) is 3. The van der Waals surface area contributed by atoms with E-state index in [1.54, 1.807) is 7.11 Å². The van der Waals surface area contributed by atoms with Crippen LogP contribution in [0.4, 0.5) is 8.78 Å². The summed E-state index contributed by atoms with van der Waals surface area (Å²) in [4.78, 5) is 0. The van der Waals surface area contributed by atoms with Crippen molar-refractivity contribution in [3.05, 3.63) is 29.8 Å². The zero-order chi connectivity index (χ0) is 13.9. The molecule has 0 saturated heterocycles. The van der Waals surface area contributed by atoms with Crippen LogP contribution in [0.1, 0.15) is 37.3 Å². The second kappa shape index (κ2) is 5.84. The molecule has 19 heavy (non-hydrogen) atoms. The molecule has 0 bridgehead atoms. The van der Waals surface area contributed by atoms with Crippen LogP contribution in [0.15, 0.2) is 24.3 Å². The average molecular weight is 270 g/mol. The van der Waals surface area contributed by atoms with E-state index in [2.05, 4.69) is 5.43 Å². The molecule has 0 heterocycles. The highest BCUT2D eigenvalue weighted by molar-refractivity contribution is 5.36. The van der Waals surface area contributed by atoms with E-state index in [0.717, 1.165) is 12.0 Å². The Bertz CT molecular complexity index is 426. The van der Waals surface area contributed by atoms with Crippen molar-refractivity contribution in [2.45, 2.75) is 37.6 Å². The molecule has 1 aromatic carbocycles. The molecule has 3 N–H and O–H groups in total. The van der Waals surface area contributed by atoms with E-state index in [-0.39, 0.29) is 24.8 Å². The van der Waals surface area contributed by atoms with Gasteiger partial charge in [-0.2, -0.15) is 0 Å². The van der Waals surface area contributed by atoms with E-state index >= 15 is 0 Å². The topological polar surface area (TPSA) is 47.3 Å². The van der Waals surface area contributed by atoms with Gasteiger partial charge in [-0.05, 0) is 24.8 Å². The lowest BCUT2D eigenvalue weighted by molar-refractivity contribution is -0.0585. The van der Waals surface area contributed by atoms with Gasteiger partial charge in [0.05, 0.1) is 13.2 Å². The van der Waals surface area contributed by atoms with Crippen molar-refractivity contribution >= 4 is 0 Å². The summed E-state index contributed by atoms with van der Waals surface area (Å²) in [6, 6.07) is 7.10. The first-order valence-electron chi connectivity index (χ1n) is 6.54. The van der Waals surface area contributed by atoms with Gasteiger partial charge in [0.25, 0.3) is 0 Å². The number of methoxy groups -OCH3 is 1. The number of para-hydroxylation sites is 1. The third-order valence-corrected chi connectivity index (χ3v) is 3.80. The lowest BCUT2D eigenvalue weighted by atomic mass is 9.79. The maximum Gasteiger partial charge on any atom is 0.248 e. The van der Waals surface area contributed by atoms with E-state index in [0.29, 0.717) is 12.2 Å². The highest BCUT2D eigenvalue weighted by atomic mass is 19.3. The van der Waals surface area contributed by atoms with Crippen molar-refractivity contribution in [2.24, 2.45) is 11.8 Å². The third-order valence-electron chi connectivity index (χ3n) is 3.80. The van der Waals surface area contributed by atoms with Crippen molar-refractivity contribution in [1.29, 1.82) is 0 Å². The number of rotatable bonds is 4. The van der Waals surface area contributed by atoms with Crippen LogP contribution in [0.2, 0.25) is 0 Å². The number of benzene rings is 1. The van der Waals surface area contributed by atoms with Crippen LogP contribution in [0, 0.1) is 5.92 Å². The number of halogens is 2. The summed E-state index contributed by atoms with van der Waals surface area (Å²) in [6.07, 6.45) is 1.14. The van der Waals surface area contributed by atoms with Gasteiger partial charge in [-0.3, -0.25) is 11.3 Å². The summed E-state index contributed by atoms with van der Waals surface area (Å²) < 4.78 is 32.4. The average Bonchev–Trinajstić information content (AvgIpc) is 2.39. The molecule has 1 aliphatic rings. The van der Waals surface area contributed by atoms with Crippen LogP contribution in [-0.2, 0) is 0 Å². The van der Waals surface area contributed by atoms with Crippen molar-refractivity contribution in [3.8, 4) is 5.75 Å². The van der Waals surface area contributed by atoms with Crippen LogP contribution < -0.4 is 16.0 Å². The molecule has 1 saturated carbocycles. The monoisotopic (exact) mass is 270 g/mol. The van der Waals surface area contributed by atoms with Crippen molar-refractivity contribution < 1.29 is 13.5 Å². The molecule has 106 valence electrons. The number of ether oxygens (including phenoxy) is 1. The molecule has 0 amide bonds. The number of hydrogen-bond donors (Lipinski definition) is 2. The maximum absolute atomic E-state index is 13.5. The van der Waals surface area contributed by atoms with Crippen molar-refractivity contribution in [2.75, 3.05) is 7.11 Å². The van der Waals surface area contributed by atoms with Crippen molar-refractivity contribution in [3.63, 3.8) is 0 Å². The summed E-state index contributed by atoms with van der Waals surface area (Å²) in [6.45, 7) is 0. The van der Waals surface area contributed by atoms with Gasteiger partial charge in [-0.1, -0.05) is 18.2 Å². The first-order chi connectivity index (χ1) is 9.07. The number of nitrogens with one attached hydrogen (secondary N) is 1. The van der Waals surface area contributed by atoms with Gasteiger partial charge in [-0.15, -0.1) is 0 Å². The van der Waals surface area contributed by atoms with Gasteiger partial charge in [0, 0.05) is 18.4 Å². The maximum atomic E-state index is 13.5. The van der Waals surface area contributed by atoms with E-state index in [4.69, 9.17) is 10.6 Å². The molecule has 5 heteroatoms. The van der Waals surface area contributed by atoms with E-state index in [1.807, 2.05) is 24.3 Å². The predicted molar refractivity (Wildman–Crippen MR) is 70.0 cm³/mol. The zero-order valence-corrected chi connectivity index (χ0v) is 11.0. The van der Waals surface area contributed by atoms with Gasteiger partial charge in [-0.25, -0.2) is 8.78 Å². The molecule has 2 unspecified atom stereocenters. The predicted octanol–water partition coefficient (Wildman–Crippen LogP) is 3.03. The van der Waals surface area contributed by atoms with Crippen molar-refractivity contribution in [1.82, 2.24) is 5.43 Å². The Kier molecular flexibility index (Phi) is 4.37. The zero-order valence-electron chi connectivity index (χ0n) is 11.0. The second-order valence-electron chi connectivity index (χ2n) is 5.10. The quantitative estimate of drug-likeness (QED) is 0.653. The first-order valence-corrected chi connectivity index (χ1v) is 6.54. The Labute approximate surface area is 112 Å². The van der Waals surface area contributed by atoms with E-state index < -0.39 is 5.92 Å². The molecular weight excluding hydrogens is 250 g/mol. The molecule has 0 spiro atoms. The smallest absolute Gasteiger partial charge is 0.248 e. The lowest BCUT2D eigenvalue weighted by Crippen LogP contribution is -2.38. The fourth-order valence-corrected chi connectivity index (χ4v) is 2.90. The number of hydrazine groups is 1. The molecule has 1 aliphatic carbocycles. The van der Waals surface area contributed by atoms with E-state index in [1.165, 1.54) is 0 Å². The normalized spacial score (nSPS) is 23.9. The summed E-state index contributed by atoms with van der Waals surface area (Å²) in [5, 5.41) is 0. The van der Waals surface area contributed by atoms with Gasteiger partial charge in [0.15, 0.2) is 0 Å². The molecule has 2 rings (SSSR count). The fourth-order valence-electron chi connectivity index (χ4n) is 2.90. The Hall–Kier alpha value is -1.20. The molecule has 0 aliphatic heterocycles. The Morgan fingerprint density at radius 1 is 1.42 bits per heavy atom. The Morgan fingerprint density at radius 2 is 2.16 bits per heavy atom. The van der Waals surface area contributed by atoms with Crippen LogP contribution in [0.3, 0.4) is 0 Å². The lowest BCUT2D eigenvalue weighted by Gasteiger charge is -2.34. The minimum atomic E-state index is -2.58. The van der Waals surface area contributed by atoms with Gasteiger partial charge >= 0.3 is 0 Å². The summed E-state index contributed by atoms with van der Waals surface area (Å²) >= 11 is 0. The largest absolute Gasteiger partial charge is 0.496 e. The summed E-state index contributed by atoms with van der Waals surface area (Å²) in [5.74, 6) is 3.52. The van der Waals surface area contributed by atoms with Gasteiger partial charge < -0.3 is 4.74 Å². The third kappa shape index (κ3) is 3.22. The highest BCUT2D eigenvalue weighted by Gasteiger charge is 2.40. The molecule has 0 radical (unpaired) electrons. The minimum absolute atomic E-state index is 0.0211. The van der Waals surface area contributed by atoms with Gasteiger partial charge in [0.1, 0.15) is 5.75 Å². The van der Waals surface area contributed by atoms with Crippen LogP contribution >= 0.6 is 0 Å². The van der Waals surface area contributed by atoms with Crippen LogP contribution in [-0.4, -0.2) is 13.0 Å². The summed E-state index contributed by atoms with van der Waals surface area (Å²) in [7, 11) is 1.57. The molecular formula is C14H20F2N2O.